The first-order chi connectivity index (χ1) is 6.84. The van der Waals surface area contributed by atoms with E-state index in [0.29, 0.717) is 11.7 Å². The molecule has 6 heteroatoms. The van der Waals surface area contributed by atoms with Crippen molar-refractivity contribution < 1.29 is 79.2 Å². The summed E-state index contributed by atoms with van der Waals surface area (Å²) in [7, 11) is 0. The molecule has 0 aliphatic heterocycles. The van der Waals surface area contributed by atoms with E-state index in [1.807, 2.05) is 19.1 Å². The van der Waals surface area contributed by atoms with E-state index in [9.17, 15) is 5.11 Å². The number of rotatable bonds is 1. The first-order valence-corrected chi connectivity index (χ1v) is 4.52. The maximum atomic E-state index is 9.46. The Hall–Kier alpha value is 0.290. The van der Waals surface area contributed by atoms with Gasteiger partial charge in [0.1, 0.15) is 5.75 Å². The van der Waals surface area contributed by atoms with Crippen LogP contribution in [0.2, 0.25) is 0 Å². The van der Waals surface area contributed by atoms with Gasteiger partial charge in [-0.2, -0.15) is 0 Å². The zero-order valence-corrected chi connectivity index (χ0v) is 15.0. The van der Waals surface area contributed by atoms with Gasteiger partial charge in [-0.25, -0.2) is 0 Å². The smallest absolute Gasteiger partial charge is 0.652 e. The number of hydrogen-bond donors (Lipinski definition) is 1. The fourth-order valence-corrected chi connectivity index (χ4v) is 1.14. The molecular weight excluding hydrogens is 242 g/mol. The third-order valence-corrected chi connectivity index (χ3v) is 1.81. The molecule has 4 nitrogen and oxygen atoms in total. The summed E-state index contributed by atoms with van der Waals surface area (Å²) in [4.78, 5) is 8.33. The Kier molecular flexibility index (Phi) is 15.0. The molecule has 0 radical (unpaired) electrons. The van der Waals surface area contributed by atoms with Crippen LogP contribution in [-0.2, 0) is 0 Å². The fourth-order valence-electron chi connectivity index (χ4n) is 1.14. The predicted molar refractivity (Wildman–Crippen MR) is 52.3 cm³/mol. The largest absolute Gasteiger partial charge is 1.00 e. The van der Waals surface area contributed by atoms with Crippen molar-refractivity contribution in [2.75, 3.05) is 0 Å². The molecular formula is C11H14Na2O4. The Bertz CT molecular complexity index is 336. The molecule has 0 saturated heterocycles. The van der Waals surface area contributed by atoms with Crippen LogP contribution >= 0.6 is 0 Å². The Balaban J connectivity index is -0.000000289. The molecule has 0 saturated carbocycles. The Morgan fingerprint density at radius 3 is 1.94 bits per heavy atom. The molecule has 0 aliphatic carbocycles. The van der Waals surface area contributed by atoms with Gasteiger partial charge in [0.15, 0.2) is 0 Å². The minimum atomic E-state index is -2.33. The summed E-state index contributed by atoms with van der Waals surface area (Å²) in [5.41, 5.74) is 2.13. The topological polar surface area (TPSA) is 83.4 Å². The van der Waals surface area contributed by atoms with Gasteiger partial charge < -0.3 is 20.1 Å². The zero-order valence-electron chi connectivity index (χ0n) is 11.0. The van der Waals surface area contributed by atoms with Crippen molar-refractivity contribution in [1.29, 1.82) is 0 Å². The SMILES string of the molecule is Cc1ccc(C(C)C)c(O)c1.O=C([O-])[O-].[Na+].[Na+]. The van der Waals surface area contributed by atoms with Crippen LogP contribution in [0.4, 0.5) is 4.79 Å². The van der Waals surface area contributed by atoms with Gasteiger partial charge in [0.2, 0.25) is 0 Å². The predicted octanol–water partition coefficient (Wildman–Crippen LogP) is -5.61. The molecule has 1 N–H and O–H groups in total. The summed E-state index contributed by atoms with van der Waals surface area (Å²) in [6, 6.07) is 5.81. The number of hydrogen-bond acceptors (Lipinski definition) is 4. The van der Waals surface area contributed by atoms with Crippen LogP contribution in [0.5, 0.6) is 5.75 Å². The minimum Gasteiger partial charge on any atom is -0.652 e. The quantitative estimate of drug-likeness (QED) is 0.508. The second-order valence-electron chi connectivity index (χ2n) is 3.47. The number of benzene rings is 1. The molecule has 0 atom stereocenters. The molecule has 17 heavy (non-hydrogen) atoms. The third-order valence-electron chi connectivity index (χ3n) is 1.81. The molecule has 84 valence electrons. The fraction of sp³-hybridized carbons (Fsp3) is 0.364. The van der Waals surface area contributed by atoms with E-state index in [-0.39, 0.29) is 59.1 Å². The van der Waals surface area contributed by atoms with E-state index in [4.69, 9.17) is 15.0 Å². The number of phenolic OH excluding ortho intramolecular Hbond substituents is 1. The monoisotopic (exact) mass is 256 g/mol. The van der Waals surface area contributed by atoms with Gasteiger partial charge >= 0.3 is 59.1 Å². The van der Waals surface area contributed by atoms with Gasteiger partial charge in [-0.15, -0.1) is 0 Å². The van der Waals surface area contributed by atoms with E-state index >= 15 is 0 Å². The van der Waals surface area contributed by atoms with Crippen LogP contribution in [-0.4, -0.2) is 11.3 Å². The number of aromatic hydroxyl groups is 1. The standard InChI is InChI=1S/C10H14O.CH2O3.2Na/c1-7(2)9-5-4-8(3)6-10(9)11;2-1(3)4;;/h4-7,11H,1-3H3;(H2,2,3,4);;/q;;2*+1/p-2. The second-order valence-corrected chi connectivity index (χ2v) is 3.47. The number of aryl methyl sites for hydroxylation is 1. The van der Waals surface area contributed by atoms with Crippen LogP contribution in [0, 0.1) is 6.92 Å². The molecule has 0 aliphatic rings. The maximum absolute atomic E-state index is 9.46. The average molecular weight is 256 g/mol. The van der Waals surface area contributed by atoms with Crippen LogP contribution in [0.15, 0.2) is 18.2 Å². The normalized spacial score (nSPS) is 8.24. The molecule has 0 spiro atoms. The van der Waals surface area contributed by atoms with Crippen LogP contribution in [0.25, 0.3) is 0 Å². The van der Waals surface area contributed by atoms with Gasteiger partial charge in [-0.05, 0) is 36.2 Å². The summed E-state index contributed by atoms with van der Waals surface area (Å²) >= 11 is 0. The van der Waals surface area contributed by atoms with Crippen LogP contribution in [0.1, 0.15) is 30.9 Å². The van der Waals surface area contributed by atoms with Crippen molar-refractivity contribution in [1.82, 2.24) is 0 Å². The Morgan fingerprint density at radius 2 is 1.65 bits per heavy atom. The summed E-state index contributed by atoms with van der Waals surface area (Å²) in [6.45, 7) is 6.12. The zero-order chi connectivity index (χ0) is 12.0. The maximum Gasteiger partial charge on any atom is 1.00 e. The van der Waals surface area contributed by atoms with Gasteiger partial charge in [-0.1, -0.05) is 26.0 Å². The minimum absolute atomic E-state index is 0. The van der Waals surface area contributed by atoms with E-state index in [0.717, 1.165) is 11.1 Å². The summed E-state index contributed by atoms with van der Waals surface area (Å²) < 4.78 is 0. The van der Waals surface area contributed by atoms with Crippen molar-refractivity contribution in [3.63, 3.8) is 0 Å². The first-order valence-electron chi connectivity index (χ1n) is 4.52. The molecule has 0 bridgehead atoms. The van der Waals surface area contributed by atoms with Crippen LogP contribution < -0.4 is 69.3 Å². The van der Waals surface area contributed by atoms with Crippen LogP contribution in [0.3, 0.4) is 0 Å². The number of phenols is 1. The van der Waals surface area contributed by atoms with Gasteiger partial charge in [0, 0.05) is 0 Å². The van der Waals surface area contributed by atoms with E-state index in [1.54, 1.807) is 6.07 Å². The number of carboxylic acid groups (broad SMARTS) is 2. The molecule has 0 aromatic heterocycles. The van der Waals surface area contributed by atoms with Gasteiger partial charge in [-0.3, -0.25) is 0 Å². The molecule has 0 amide bonds. The summed E-state index contributed by atoms with van der Waals surface area (Å²) in [6.07, 6.45) is -2.33. The second kappa shape index (κ2) is 11.4. The third kappa shape index (κ3) is 11.1. The molecule has 0 fully saturated rings. The molecule has 1 rings (SSSR count). The van der Waals surface area contributed by atoms with Crippen molar-refractivity contribution in [2.45, 2.75) is 26.7 Å². The Labute approximate surface area is 146 Å². The Morgan fingerprint density at radius 1 is 1.24 bits per heavy atom. The summed E-state index contributed by atoms with van der Waals surface area (Å²) in [5, 5.41) is 26.1. The molecule has 0 unspecified atom stereocenters. The van der Waals surface area contributed by atoms with Crippen molar-refractivity contribution in [3.05, 3.63) is 29.3 Å². The summed E-state index contributed by atoms with van der Waals surface area (Å²) in [5.74, 6) is 0.815. The van der Waals surface area contributed by atoms with E-state index in [1.165, 1.54) is 0 Å². The molecule has 1 aromatic rings. The van der Waals surface area contributed by atoms with E-state index in [2.05, 4.69) is 13.8 Å². The van der Waals surface area contributed by atoms with Crippen molar-refractivity contribution in [3.8, 4) is 5.75 Å². The first kappa shape index (κ1) is 22.5. The molecule has 0 heterocycles. The number of carbonyl (C=O) groups excluding carboxylic acids is 1. The van der Waals surface area contributed by atoms with Gasteiger partial charge in [0.25, 0.3) is 0 Å². The van der Waals surface area contributed by atoms with Crippen molar-refractivity contribution >= 4 is 6.16 Å². The van der Waals surface area contributed by atoms with Crippen molar-refractivity contribution in [2.24, 2.45) is 0 Å². The number of carbonyl (C=O) groups is 1. The van der Waals surface area contributed by atoms with E-state index < -0.39 is 6.16 Å². The van der Waals surface area contributed by atoms with Gasteiger partial charge in [0.05, 0.1) is 0 Å². The molecule has 1 aromatic carbocycles. The average Bonchev–Trinajstić information content (AvgIpc) is 2.01.